The van der Waals surface area contributed by atoms with Crippen molar-refractivity contribution in [1.82, 2.24) is 55.4 Å². The Kier molecular flexibility index (Phi) is 17.2. The van der Waals surface area contributed by atoms with Crippen LogP contribution in [0.2, 0.25) is 10.0 Å². The highest BCUT2D eigenvalue weighted by Gasteiger charge is 2.41. The second-order valence-corrected chi connectivity index (χ2v) is 18.5. The third kappa shape index (κ3) is 13.2. The third-order valence-electron chi connectivity index (χ3n) is 11.4. The number of aromatic nitrogens is 8. The van der Waals surface area contributed by atoms with Gasteiger partial charge in [0.1, 0.15) is 34.4 Å². The van der Waals surface area contributed by atoms with E-state index in [1.54, 1.807) is 73.4 Å². The first kappa shape index (κ1) is 49.6. The van der Waals surface area contributed by atoms with Crippen LogP contribution in [0.5, 0.6) is 0 Å². The van der Waals surface area contributed by atoms with E-state index in [1.165, 1.54) is 25.3 Å². The van der Waals surface area contributed by atoms with Gasteiger partial charge in [-0.1, -0.05) is 47.5 Å². The van der Waals surface area contributed by atoms with Crippen molar-refractivity contribution in [2.75, 3.05) is 55.0 Å². The first-order chi connectivity index (χ1) is 32.9. The maximum Gasteiger partial charge on any atom is 0.256 e. The number of carbonyl (C=O) groups is 2. The summed E-state index contributed by atoms with van der Waals surface area (Å²) < 4.78 is 11.8. The van der Waals surface area contributed by atoms with E-state index in [0.29, 0.717) is 63.2 Å². The molecule has 0 bridgehead atoms. The number of benzene rings is 2. The molecule has 2 aromatic carbocycles. The number of nitrogens with one attached hydrogen (secondary N) is 4. The Morgan fingerprint density at radius 2 is 1.24 bits per heavy atom. The molecule has 6 heterocycles. The number of halogens is 2. The van der Waals surface area contributed by atoms with E-state index in [0.717, 1.165) is 43.7 Å². The van der Waals surface area contributed by atoms with Crippen LogP contribution >= 0.6 is 23.2 Å². The van der Waals surface area contributed by atoms with Crippen molar-refractivity contribution in [3.8, 4) is 0 Å². The van der Waals surface area contributed by atoms with Gasteiger partial charge in [0, 0.05) is 91.6 Å². The lowest BCUT2D eigenvalue weighted by atomic mass is 9.79. The second-order valence-electron chi connectivity index (χ2n) is 16.4. The molecular formula is C46H52Cl2N14O5S. The SMILES string of the molecule is CN1CCCC2(CCN(c3ncc(C(=O)NCc4ncccn4)c(NCc4ccc(CO)c(Cl)c4)n3)C2)C1.CS(=O)c1ncc(C(=O)NCc2ncccn2)c(NCc2ccc(CO)c(Cl)c2)n1. The summed E-state index contributed by atoms with van der Waals surface area (Å²) in [7, 11) is 0.777. The molecule has 0 aliphatic carbocycles. The van der Waals surface area contributed by atoms with Crippen molar-refractivity contribution >= 4 is 63.4 Å². The molecule has 4 aromatic heterocycles. The Morgan fingerprint density at radius 1 is 0.706 bits per heavy atom. The van der Waals surface area contributed by atoms with E-state index in [-0.39, 0.29) is 54.2 Å². The van der Waals surface area contributed by atoms with E-state index >= 15 is 0 Å². The van der Waals surface area contributed by atoms with Crippen LogP contribution in [-0.2, 0) is 50.2 Å². The number of piperidine rings is 1. The molecule has 68 heavy (non-hydrogen) atoms. The molecule has 2 unspecified atom stereocenters. The summed E-state index contributed by atoms with van der Waals surface area (Å²) in [5.74, 6) is 1.56. The first-order valence-corrected chi connectivity index (χ1v) is 24.1. The van der Waals surface area contributed by atoms with Crippen molar-refractivity contribution in [2.45, 2.75) is 63.8 Å². The minimum atomic E-state index is -1.41. The Bertz CT molecular complexity index is 2710. The molecule has 0 saturated carbocycles. The van der Waals surface area contributed by atoms with Crippen molar-refractivity contribution in [1.29, 1.82) is 0 Å². The van der Waals surface area contributed by atoms with Gasteiger partial charge in [0.25, 0.3) is 11.8 Å². The zero-order chi connectivity index (χ0) is 48.0. The standard InChI is InChI=1S/C27H33ClN8O2.C19H19ClN6O3S/c1-35-10-2-6-27(17-35)7-11-36(18-27)26-33-14-21(25(38)32-15-23-29-8-3-9-30-23)24(34-26)31-13-19-4-5-20(16-37)22(28)12-19;1-30(29)19-25-9-14(18(28)24-10-16-21-5-2-6-22-16)17(26-19)23-8-12-3-4-13(11-27)15(20)7-12/h3-5,8-9,12,14,37H,2,6-7,10-11,13,15-18H2,1H3,(H,32,38)(H,31,33,34);2-7,9,27H,8,10-11H2,1H3,(H,24,28)(H,23,25,26). The van der Waals surface area contributed by atoms with Gasteiger partial charge >= 0.3 is 0 Å². The smallest absolute Gasteiger partial charge is 0.256 e. The minimum absolute atomic E-state index is 0.106. The van der Waals surface area contributed by atoms with Crippen LogP contribution in [0.1, 0.15) is 73.9 Å². The van der Waals surface area contributed by atoms with Crippen molar-refractivity contribution in [2.24, 2.45) is 5.41 Å². The zero-order valence-electron chi connectivity index (χ0n) is 37.5. The number of hydrogen-bond donors (Lipinski definition) is 6. The Balaban J connectivity index is 0.000000207. The molecule has 2 aliphatic rings. The first-order valence-electron chi connectivity index (χ1n) is 21.8. The maximum atomic E-state index is 13.1. The van der Waals surface area contributed by atoms with E-state index in [1.807, 2.05) is 6.07 Å². The summed E-state index contributed by atoms with van der Waals surface area (Å²) in [6, 6.07) is 14.1. The number of rotatable bonds is 16. The topological polar surface area (TPSA) is 249 Å². The van der Waals surface area contributed by atoms with Crippen LogP contribution < -0.4 is 26.2 Å². The maximum absolute atomic E-state index is 13.1. The fourth-order valence-corrected chi connectivity index (χ4v) is 8.85. The van der Waals surface area contributed by atoms with Gasteiger partial charge in [0.15, 0.2) is 0 Å². The lowest BCUT2D eigenvalue weighted by Gasteiger charge is -2.38. The number of amides is 2. The van der Waals surface area contributed by atoms with Gasteiger partial charge in [-0.05, 0) is 79.4 Å². The molecular weight excluding hydrogens is 932 g/mol. The van der Waals surface area contributed by atoms with Crippen LogP contribution in [-0.4, -0.2) is 110 Å². The van der Waals surface area contributed by atoms with Gasteiger partial charge in [-0.3, -0.25) is 13.8 Å². The zero-order valence-corrected chi connectivity index (χ0v) is 39.9. The molecule has 2 saturated heterocycles. The van der Waals surface area contributed by atoms with Crippen LogP contribution in [0, 0.1) is 5.41 Å². The summed E-state index contributed by atoms with van der Waals surface area (Å²) in [5, 5.41) is 31.7. The number of nitrogens with zero attached hydrogens (tertiary/aromatic N) is 10. The molecule has 2 amide bonds. The molecule has 8 rings (SSSR count). The summed E-state index contributed by atoms with van der Waals surface area (Å²) in [6.45, 7) is 4.80. The highest BCUT2D eigenvalue weighted by Crippen LogP contribution is 2.40. The highest BCUT2D eigenvalue weighted by atomic mass is 35.5. The summed E-state index contributed by atoms with van der Waals surface area (Å²) in [4.78, 5) is 64.6. The number of anilines is 3. The second kappa shape index (κ2) is 23.6. The molecule has 2 atom stereocenters. The summed E-state index contributed by atoms with van der Waals surface area (Å²) in [5.41, 5.74) is 3.81. The summed E-state index contributed by atoms with van der Waals surface area (Å²) >= 11 is 12.4. The fourth-order valence-electron chi connectivity index (χ4n) is 7.91. The number of hydrogen-bond acceptors (Lipinski definition) is 17. The molecule has 19 nitrogen and oxygen atoms in total. The van der Waals surface area contributed by atoms with Crippen LogP contribution in [0.4, 0.5) is 17.6 Å². The van der Waals surface area contributed by atoms with Gasteiger partial charge in [-0.25, -0.2) is 34.9 Å². The monoisotopic (exact) mass is 982 g/mol. The number of aliphatic hydroxyl groups is 2. The van der Waals surface area contributed by atoms with Gasteiger partial charge in [-0.15, -0.1) is 0 Å². The van der Waals surface area contributed by atoms with Crippen molar-refractivity contribution < 1.29 is 24.0 Å². The van der Waals surface area contributed by atoms with Gasteiger partial charge in [-0.2, -0.15) is 4.98 Å². The Hall–Kier alpha value is -6.29. The van der Waals surface area contributed by atoms with E-state index in [9.17, 15) is 24.0 Å². The van der Waals surface area contributed by atoms with Gasteiger partial charge in [0.05, 0.1) is 37.1 Å². The molecule has 2 fully saturated rings. The normalized spacial score (nSPS) is 16.1. The van der Waals surface area contributed by atoms with Crippen molar-refractivity contribution in [3.63, 3.8) is 0 Å². The molecule has 0 radical (unpaired) electrons. The Labute approximate surface area is 406 Å². The van der Waals surface area contributed by atoms with Gasteiger partial charge < -0.3 is 41.3 Å². The van der Waals surface area contributed by atoms with Crippen LogP contribution in [0.3, 0.4) is 0 Å². The summed E-state index contributed by atoms with van der Waals surface area (Å²) in [6.07, 6.45) is 14.4. The molecule has 2 aliphatic heterocycles. The minimum Gasteiger partial charge on any atom is -0.392 e. The van der Waals surface area contributed by atoms with Crippen LogP contribution in [0.25, 0.3) is 0 Å². The average Bonchev–Trinajstić information content (AvgIpc) is 3.76. The Morgan fingerprint density at radius 3 is 1.74 bits per heavy atom. The predicted molar refractivity (Wildman–Crippen MR) is 258 cm³/mol. The number of likely N-dealkylation sites (tertiary alicyclic amines) is 1. The van der Waals surface area contributed by atoms with Crippen molar-refractivity contribution in [3.05, 3.63) is 141 Å². The predicted octanol–water partition coefficient (Wildman–Crippen LogP) is 4.57. The number of carbonyl (C=O) groups excluding carboxylic acids is 2. The highest BCUT2D eigenvalue weighted by molar-refractivity contribution is 7.84. The van der Waals surface area contributed by atoms with Gasteiger partial charge in [0.2, 0.25) is 11.1 Å². The van der Waals surface area contributed by atoms with E-state index in [4.69, 9.17) is 28.2 Å². The quantitative estimate of drug-likeness (QED) is 0.0727. The average molecular weight is 984 g/mol. The fraction of sp³-hybridized carbons (Fsp3) is 0.348. The van der Waals surface area contributed by atoms with Crippen LogP contribution in [0.15, 0.2) is 90.9 Å². The largest absolute Gasteiger partial charge is 0.392 e. The third-order valence-corrected chi connectivity index (χ3v) is 12.8. The van der Waals surface area contributed by atoms with E-state index < -0.39 is 16.7 Å². The molecule has 356 valence electrons. The molecule has 6 aromatic rings. The molecule has 1 spiro atoms. The molecule has 6 N–H and O–H groups in total. The number of aliphatic hydroxyl groups excluding tert-OH is 2. The lowest BCUT2D eigenvalue weighted by molar-refractivity contribution is 0.0941. The lowest BCUT2D eigenvalue weighted by Crippen LogP contribution is -2.43. The molecule has 22 heteroatoms. The van der Waals surface area contributed by atoms with E-state index in [2.05, 4.69) is 73.0 Å².